The van der Waals surface area contributed by atoms with Gasteiger partial charge in [0, 0.05) is 32.2 Å². The lowest BCUT2D eigenvalue weighted by molar-refractivity contribution is 0.206. The first kappa shape index (κ1) is 26.7. The molecular weight excluding hydrogens is 513 g/mol. The minimum absolute atomic E-state index is 0. The maximum absolute atomic E-state index is 5.49. The molecule has 2 aromatic rings. The first-order valence-electron chi connectivity index (χ1n) is 11.7. The number of benzene rings is 1. The highest BCUT2D eigenvalue weighted by Crippen LogP contribution is 2.15. The molecule has 0 radical (unpaired) electrons. The number of furan rings is 1. The molecule has 1 saturated heterocycles. The fraction of sp³-hybridized carbons (Fsp3) is 0.560. The summed E-state index contributed by atoms with van der Waals surface area (Å²) in [6, 6.07) is 13.1. The smallest absolute Gasteiger partial charge is 0.191 e. The molecule has 0 saturated carbocycles. The van der Waals surface area contributed by atoms with E-state index < -0.39 is 0 Å². The van der Waals surface area contributed by atoms with Crippen LogP contribution in [0, 0.1) is 0 Å². The van der Waals surface area contributed by atoms with Gasteiger partial charge in [-0.3, -0.25) is 4.90 Å². The lowest BCUT2D eigenvalue weighted by Crippen LogP contribution is -2.48. The molecule has 2 heterocycles. The zero-order valence-corrected chi connectivity index (χ0v) is 22.2. The maximum Gasteiger partial charge on any atom is 0.191 e. The van der Waals surface area contributed by atoms with Crippen LogP contribution in [0.1, 0.15) is 50.0 Å². The van der Waals surface area contributed by atoms with Crippen molar-refractivity contribution in [1.29, 1.82) is 0 Å². The highest BCUT2D eigenvalue weighted by atomic mass is 127. The average molecular weight is 554 g/mol. The molecular formula is C25H40IN5O. The molecule has 0 aliphatic carbocycles. The molecule has 3 rings (SSSR count). The number of likely N-dealkylation sites (tertiary alicyclic amines) is 1. The quantitative estimate of drug-likeness (QED) is 0.259. The van der Waals surface area contributed by atoms with Crippen LogP contribution in [-0.2, 0) is 19.6 Å². The minimum atomic E-state index is 0. The molecule has 1 aromatic heterocycles. The van der Waals surface area contributed by atoms with Crippen molar-refractivity contribution in [3.05, 3.63) is 59.5 Å². The summed E-state index contributed by atoms with van der Waals surface area (Å²) >= 11 is 0. The van der Waals surface area contributed by atoms with Gasteiger partial charge < -0.3 is 20.0 Å². The van der Waals surface area contributed by atoms with E-state index in [1.807, 2.05) is 12.1 Å². The Kier molecular flexibility index (Phi) is 12.1. The molecule has 0 bridgehead atoms. The predicted molar refractivity (Wildman–Crippen MR) is 143 cm³/mol. The van der Waals surface area contributed by atoms with Gasteiger partial charge in [-0.1, -0.05) is 31.2 Å². The second-order valence-corrected chi connectivity index (χ2v) is 8.48. The van der Waals surface area contributed by atoms with Gasteiger partial charge in [0.15, 0.2) is 5.96 Å². The van der Waals surface area contributed by atoms with Crippen LogP contribution in [0.25, 0.3) is 0 Å². The minimum Gasteiger partial charge on any atom is -0.468 e. The van der Waals surface area contributed by atoms with Gasteiger partial charge in [0.05, 0.1) is 19.4 Å². The number of guanidine groups is 1. The molecule has 2 N–H and O–H groups in total. The maximum atomic E-state index is 5.49. The van der Waals surface area contributed by atoms with Crippen molar-refractivity contribution in [3.8, 4) is 0 Å². The monoisotopic (exact) mass is 553 g/mol. The fourth-order valence-corrected chi connectivity index (χ4v) is 4.18. The number of hydrogen-bond donors (Lipinski definition) is 2. The lowest BCUT2D eigenvalue weighted by Gasteiger charge is -2.32. The zero-order chi connectivity index (χ0) is 21.9. The number of piperidine rings is 1. The van der Waals surface area contributed by atoms with Crippen LogP contribution in [0.2, 0.25) is 0 Å². The van der Waals surface area contributed by atoms with Crippen molar-refractivity contribution in [2.24, 2.45) is 4.99 Å². The van der Waals surface area contributed by atoms with Gasteiger partial charge in [0.2, 0.25) is 0 Å². The van der Waals surface area contributed by atoms with Gasteiger partial charge in [-0.2, -0.15) is 0 Å². The van der Waals surface area contributed by atoms with E-state index in [1.165, 1.54) is 50.0 Å². The Hall–Kier alpha value is -1.58. The second kappa shape index (κ2) is 14.5. The number of nitrogens with zero attached hydrogens (tertiary/aromatic N) is 3. The van der Waals surface area contributed by atoms with Crippen molar-refractivity contribution in [2.45, 2.75) is 58.8 Å². The average Bonchev–Trinajstić information content (AvgIpc) is 3.27. The first-order chi connectivity index (χ1) is 15.2. The highest BCUT2D eigenvalue weighted by Gasteiger charge is 2.19. The summed E-state index contributed by atoms with van der Waals surface area (Å²) in [7, 11) is 2.12. The van der Waals surface area contributed by atoms with Crippen molar-refractivity contribution in [3.63, 3.8) is 0 Å². The Morgan fingerprint density at radius 2 is 1.84 bits per heavy atom. The van der Waals surface area contributed by atoms with Gasteiger partial charge in [-0.05, 0) is 63.0 Å². The standard InChI is InChI=1S/C25H39N5O.HI/c1-4-14-30-15-12-23(13-16-30)28-25(26-5-2)27-18-21-9-6-7-10-22(21)19-29(3)20-24-11-8-17-31-24;/h6-11,17,23H,4-5,12-16,18-20H2,1-3H3,(H2,26,27,28);1H. The molecule has 0 atom stereocenters. The van der Waals surface area contributed by atoms with Gasteiger partial charge in [0.25, 0.3) is 0 Å². The summed E-state index contributed by atoms with van der Waals surface area (Å²) in [6.45, 7) is 11.2. The van der Waals surface area contributed by atoms with Gasteiger partial charge in [-0.25, -0.2) is 4.99 Å². The van der Waals surface area contributed by atoms with Crippen LogP contribution in [0.5, 0.6) is 0 Å². The highest BCUT2D eigenvalue weighted by molar-refractivity contribution is 14.0. The second-order valence-electron chi connectivity index (χ2n) is 8.48. The first-order valence-corrected chi connectivity index (χ1v) is 11.7. The Balaban J connectivity index is 0.00000363. The van der Waals surface area contributed by atoms with Gasteiger partial charge in [0.1, 0.15) is 5.76 Å². The Morgan fingerprint density at radius 1 is 1.09 bits per heavy atom. The van der Waals surface area contributed by atoms with Crippen LogP contribution >= 0.6 is 24.0 Å². The molecule has 0 spiro atoms. The van der Waals surface area contributed by atoms with E-state index in [2.05, 4.69) is 65.6 Å². The molecule has 178 valence electrons. The number of rotatable bonds is 10. The molecule has 1 aliphatic rings. The largest absolute Gasteiger partial charge is 0.468 e. The van der Waals surface area contributed by atoms with E-state index in [-0.39, 0.29) is 24.0 Å². The van der Waals surface area contributed by atoms with E-state index in [0.29, 0.717) is 12.6 Å². The molecule has 1 aromatic carbocycles. The van der Waals surface area contributed by atoms with Crippen LogP contribution in [-0.4, -0.2) is 55.0 Å². The third-order valence-corrected chi connectivity index (χ3v) is 5.78. The van der Waals surface area contributed by atoms with Crippen molar-refractivity contribution in [2.75, 3.05) is 33.2 Å². The molecule has 1 aliphatic heterocycles. The van der Waals surface area contributed by atoms with Gasteiger partial charge >= 0.3 is 0 Å². The van der Waals surface area contributed by atoms with Crippen LogP contribution in [0.3, 0.4) is 0 Å². The summed E-state index contributed by atoms with van der Waals surface area (Å²) in [5.41, 5.74) is 2.58. The summed E-state index contributed by atoms with van der Waals surface area (Å²) in [4.78, 5) is 9.76. The number of halogens is 1. The third-order valence-electron chi connectivity index (χ3n) is 5.78. The van der Waals surface area contributed by atoms with E-state index >= 15 is 0 Å². The summed E-state index contributed by atoms with van der Waals surface area (Å²) < 4.78 is 5.49. The van der Waals surface area contributed by atoms with Crippen molar-refractivity contribution in [1.82, 2.24) is 20.4 Å². The van der Waals surface area contributed by atoms with E-state index in [1.54, 1.807) is 6.26 Å². The Labute approximate surface area is 210 Å². The summed E-state index contributed by atoms with van der Waals surface area (Å²) in [5, 5.41) is 7.10. The molecule has 0 unspecified atom stereocenters. The predicted octanol–water partition coefficient (Wildman–Crippen LogP) is 4.46. The van der Waals surface area contributed by atoms with Crippen LogP contribution in [0.4, 0.5) is 0 Å². The number of nitrogens with one attached hydrogen (secondary N) is 2. The van der Waals surface area contributed by atoms with Crippen molar-refractivity contribution >= 4 is 29.9 Å². The van der Waals surface area contributed by atoms with Crippen LogP contribution in [0.15, 0.2) is 52.1 Å². The molecule has 0 amide bonds. The number of hydrogen-bond acceptors (Lipinski definition) is 4. The molecule has 7 heteroatoms. The molecule has 32 heavy (non-hydrogen) atoms. The van der Waals surface area contributed by atoms with E-state index in [9.17, 15) is 0 Å². The topological polar surface area (TPSA) is 56.0 Å². The van der Waals surface area contributed by atoms with E-state index in [4.69, 9.17) is 9.41 Å². The lowest BCUT2D eigenvalue weighted by atomic mass is 10.1. The molecule has 6 nitrogen and oxygen atoms in total. The van der Waals surface area contributed by atoms with Crippen molar-refractivity contribution < 1.29 is 4.42 Å². The van der Waals surface area contributed by atoms with Gasteiger partial charge in [-0.15, -0.1) is 24.0 Å². The number of aliphatic imine (C=N–C) groups is 1. The zero-order valence-electron chi connectivity index (χ0n) is 19.8. The Morgan fingerprint density at radius 3 is 2.50 bits per heavy atom. The summed E-state index contributed by atoms with van der Waals surface area (Å²) in [6.07, 6.45) is 5.32. The normalized spacial score (nSPS) is 15.6. The molecule has 1 fully saturated rings. The summed E-state index contributed by atoms with van der Waals surface area (Å²) in [5.74, 6) is 1.91. The third kappa shape index (κ3) is 8.75. The van der Waals surface area contributed by atoms with E-state index in [0.717, 1.165) is 31.4 Å². The SMILES string of the molecule is CCCN1CCC(NC(=NCc2ccccc2CN(C)Cc2ccco2)NCC)CC1.I. The van der Waals surface area contributed by atoms with Crippen LogP contribution < -0.4 is 10.6 Å². The Bertz CT molecular complexity index is 787. The fourth-order valence-electron chi connectivity index (χ4n) is 4.18.